The molecule has 7 rings (SSSR count). The second kappa shape index (κ2) is 5.08. The SMILES string of the molecule is CN1c2cc3c4c(cc(O)c3cc2OC1(F)F)C1(CC2CCC1C2)c1ccccc1-4. The zero-order valence-electron chi connectivity index (χ0n) is 16.6. The minimum atomic E-state index is -3.39. The van der Waals surface area contributed by atoms with E-state index in [1.165, 1.54) is 43.0 Å². The molecule has 3 atom stereocenters. The minimum Gasteiger partial charge on any atom is -0.507 e. The maximum absolute atomic E-state index is 14.2. The summed E-state index contributed by atoms with van der Waals surface area (Å²) in [6.45, 7) is 0. The second-order valence-electron chi connectivity index (χ2n) is 9.43. The Hall–Kier alpha value is -2.82. The topological polar surface area (TPSA) is 32.7 Å². The molecule has 3 aromatic rings. The Labute approximate surface area is 172 Å². The summed E-state index contributed by atoms with van der Waals surface area (Å²) < 4.78 is 33.2. The molecule has 2 bridgehead atoms. The van der Waals surface area contributed by atoms with Gasteiger partial charge in [-0.2, -0.15) is 0 Å². The fourth-order valence-corrected chi connectivity index (χ4v) is 6.97. The predicted molar refractivity (Wildman–Crippen MR) is 111 cm³/mol. The summed E-state index contributed by atoms with van der Waals surface area (Å²) in [5, 5.41) is 12.4. The summed E-state index contributed by atoms with van der Waals surface area (Å²) >= 11 is 0. The van der Waals surface area contributed by atoms with Gasteiger partial charge in [-0.3, -0.25) is 4.90 Å². The fourth-order valence-electron chi connectivity index (χ4n) is 6.97. The van der Waals surface area contributed by atoms with Gasteiger partial charge in [-0.05, 0) is 76.9 Å². The van der Waals surface area contributed by atoms with Crippen molar-refractivity contribution in [1.82, 2.24) is 0 Å². The highest BCUT2D eigenvalue weighted by Crippen LogP contribution is 2.67. The van der Waals surface area contributed by atoms with Crippen molar-refractivity contribution < 1.29 is 18.6 Å². The molecular formula is C25H21F2NO2. The molecule has 152 valence electrons. The van der Waals surface area contributed by atoms with Gasteiger partial charge in [0, 0.05) is 17.8 Å². The van der Waals surface area contributed by atoms with Crippen molar-refractivity contribution in [3.63, 3.8) is 0 Å². The number of benzene rings is 3. The van der Waals surface area contributed by atoms with Crippen molar-refractivity contribution in [2.24, 2.45) is 11.8 Å². The number of ether oxygens (including phenoxy) is 1. The highest BCUT2D eigenvalue weighted by molar-refractivity contribution is 6.07. The number of anilines is 1. The van der Waals surface area contributed by atoms with E-state index in [4.69, 9.17) is 4.74 Å². The molecule has 2 fully saturated rings. The normalized spacial score (nSPS) is 29.4. The van der Waals surface area contributed by atoms with Crippen LogP contribution in [0.2, 0.25) is 0 Å². The highest BCUT2D eigenvalue weighted by Gasteiger charge is 2.57. The van der Waals surface area contributed by atoms with Crippen LogP contribution in [-0.4, -0.2) is 18.4 Å². The molecule has 1 spiro atoms. The average Bonchev–Trinajstić information content (AvgIpc) is 3.45. The number of halogens is 2. The number of alkyl halides is 2. The lowest BCUT2D eigenvalue weighted by Crippen LogP contribution is -2.38. The van der Waals surface area contributed by atoms with Crippen LogP contribution in [0, 0.1) is 11.8 Å². The van der Waals surface area contributed by atoms with Crippen LogP contribution in [0.4, 0.5) is 14.5 Å². The first-order valence-corrected chi connectivity index (χ1v) is 10.6. The van der Waals surface area contributed by atoms with E-state index < -0.39 is 6.23 Å². The van der Waals surface area contributed by atoms with Gasteiger partial charge >= 0.3 is 6.23 Å². The molecule has 0 amide bonds. The molecule has 4 aliphatic rings. The third-order valence-corrected chi connectivity index (χ3v) is 8.19. The smallest absolute Gasteiger partial charge is 0.496 e. The van der Waals surface area contributed by atoms with Gasteiger partial charge < -0.3 is 9.84 Å². The lowest BCUT2D eigenvalue weighted by atomic mass is 9.66. The summed E-state index contributed by atoms with van der Waals surface area (Å²) in [6.07, 6.45) is 1.46. The first-order valence-electron chi connectivity index (χ1n) is 10.6. The van der Waals surface area contributed by atoms with Gasteiger partial charge in [0.1, 0.15) is 5.75 Å². The van der Waals surface area contributed by atoms with E-state index in [2.05, 4.69) is 18.2 Å². The van der Waals surface area contributed by atoms with Crippen LogP contribution in [-0.2, 0) is 5.41 Å². The Morgan fingerprint density at radius 3 is 2.67 bits per heavy atom. The summed E-state index contributed by atoms with van der Waals surface area (Å²) in [4.78, 5) is 0.867. The molecule has 0 saturated heterocycles. The van der Waals surface area contributed by atoms with Crippen molar-refractivity contribution in [1.29, 1.82) is 0 Å². The summed E-state index contributed by atoms with van der Waals surface area (Å²) in [5.41, 5.74) is 5.08. The van der Waals surface area contributed by atoms with Crippen LogP contribution < -0.4 is 9.64 Å². The third-order valence-electron chi connectivity index (χ3n) is 8.19. The molecule has 2 saturated carbocycles. The van der Waals surface area contributed by atoms with Gasteiger partial charge in [-0.15, -0.1) is 8.78 Å². The van der Waals surface area contributed by atoms with Gasteiger partial charge in [0.25, 0.3) is 0 Å². The number of nitrogens with zero attached hydrogens (tertiary/aromatic N) is 1. The van der Waals surface area contributed by atoms with Crippen molar-refractivity contribution in [3.05, 3.63) is 53.6 Å². The van der Waals surface area contributed by atoms with E-state index in [1.54, 1.807) is 12.1 Å². The van der Waals surface area contributed by atoms with Crippen molar-refractivity contribution >= 4 is 16.5 Å². The lowest BCUT2D eigenvalue weighted by Gasteiger charge is -2.36. The third kappa shape index (κ3) is 1.77. The number of hydrogen-bond donors (Lipinski definition) is 1. The number of fused-ring (bicyclic) bond motifs is 11. The molecular weight excluding hydrogens is 384 g/mol. The lowest BCUT2D eigenvalue weighted by molar-refractivity contribution is -0.159. The number of phenolic OH excluding ortho intramolecular Hbond substituents is 1. The van der Waals surface area contributed by atoms with Gasteiger partial charge in [0.2, 0.25) is 0 Å². The van der Waals surface area contributed by atoms with Crippen molar-refractivity contribution in [2.75, 3.05) is 11.9 Å². The zero-order chi connectivity index (χ0) is 20.4. The molecule has 0 aromatic heterocycles. The molecule has 3 aromatic carbocycles. The van der Waals surface area contributed by atoms with E-state index in [0.29, 0.717) is 17.0 Å². The number of hydrogen-bond acceptors (Lipinski definition) is 3. The molecule has 3 unspecified atom stereocenters. The maximum Gasteiger partial charge on any atom is 0.496 e. The van der Waals surface area contributed by atoms with Gasteiger partial charge in [-0.25, -0.2) is 0 Å². The quantitative estimate of drug-likeness (QED) is 0.465. The number of phenols is 1. The van der Waals surface area contributed by atoms with Crippen LogP contribution in [0.15, 0.2) is 42.5 Å². The number of rotatable bonds is 0. The van der Waals surface area contributed by atoms with Crippen molar-refractivity contribution in [3.8, 4) is 22.6 Å². The Morgan fingerprint density at radius 1 is 1.07 bits per heavy atom. The molecule has 0 radical (unpaired) electrons. The van der Waals surface area contributed by atoms with Crippen LogP contribution >= 0.6 is 0 Å². The van der Waals surface area contributed by atoms with Crippen molar-refractivity contribution in [2.45, 2.75) is 37.3 Å². The second-order valence-corrected chi connectivity index (χ2v) is 9.43. The maximum atomic E-state index is 14.2. The first-order chi connectivity index (χ1) is 14.4. The molecule has 1 aliphatic heterocycles. The predicted octanol–water partition coefficient (Wildman–Crippen LogP) is 6.01. The fraction of sp³-hybridized carbons (Fsp3) is 0.360. The van der Waals surface area contributed by atoms with E-state index in [1.807, 2.05) is 12.1 Å². The number of aromatic hydroxyl groups is 1. The van der Waals surface area contributed by atoms with Crippen LogP contribution in [0.25, 0.3) is 21.9 Å². The van der Waals surface area contributed by atoms with Gasteiger partial charge in [0.15, 0.2) is 5.75 Å². The van der Waals surface area contributed by atoms with E-state index >= 15 is 0 Å². The Morgan fingerprint density at radius 2 is 1.90 bits per heavy atom. The van der Waals surface area contributed by atoms with Gasteiger partial charge in [-0.1, -0.05) is 30.7 Å². The minimum absolute atomic E-state index is 0.0636. The average molecular weight is 405 g/mol. The largest absolute Gasteiger partial charge is 0.507 e. The highest BCUT2D eigenvalue weighted by atomic mass is 19.3. The van der Waals surface area contributed by atoms with Gasteiger partial charge in [0.05, 0.1) is 5.69 Å². The molecule has 1 N–H and O–H groups in total. The first kappa shape index (κ1) is 16.9. The van der Waals surface area contributed by atoms with E-state index in [0.717, 1.165) is 28.2 Å². The molecule has 30 heavy (non-hydrogen) atoms. The molecule has 3 nitrogen and oxygen atoms in total. The Bertz CT molecular complexity index is 1270. The van der Waals surface area contributed by atoms with E-state index in [9.17, 15) is 13.9 Å². The Kier molecular flexibility index (Phi) is 2.86. The van der Waals surface area contributed by atoms with Crippen LogP contribution in [0.1, 0.15) is 36.8 Å². The van der Waals surface area contributed by atoms with E-state index in [-0.39, 0.29) is 16.9 Å². The Balaban J connectivity index is 1.59. The molecule has 1 heterocycles. The van der Waals surface area contributed by atoms with Crippen LogP contribution in [0.5, 0.6) is 11.5 Å². The standard InChI is InChI=1S/C25H21F2NO2/c1-28-20-9-17-16(10-22(20)30-25(28,26)27)21(29)11-19-23(17)15-4-2-3-5-18(15)24(19)12-13-6-7-14(24)8-13/h2-5,9-11,13-14,29H,6-8,12H2,1H3. The molecule has 5 heteroatoms. The summed E-state index contributed by atoms with van der Waals surface area (Å²) in [7, 11) is 1.34. The van der Waals surface area contributed by atoms with Crippen LogP contribution in [0.3, 0.4) is 0 Å². The zero-order valence-corrected chi connectivity index (χ0v) is 16.6. The summed E-state index contributed by atoms with van der Waals surface area (Å²) in [5.74, 6) is 1.55. The summed E-state index contributed by atoms with van der Waals surface area (Å²) in [6, 6.07) is 13.8. The monoisotopic (exact) mass is 405 g/mol. The molecule has 3 aliphatic carbocycles.